The average Bonchev–Trinajstić information content (AvgIpc) is 2.34. The molecule has 5 nitrogen and oxygen atoms in total. The van der Waals surface area contributed by atoms with E-state index in [-0.39, 0.29) is 18.4 Å². The van der Waals surface area contributed by atoms with Crippen LogP contribution in [0.1, 0.15) is 20.3 Å². The molecule has 0 aromatic carbocycles. The lowest BCUT2D eigenvalue weighted by Gasteiger charge is -2.10. The number of amides is 1. The largest absolute Gasteiger partial charge is 0.468 e. The zero-order valence-electron chi connectivity index (χ0n) is 10.9. The lowest BCUT2D eigenvalue weighted by atomic mass is 10.1. The van der Waals surface area contributed by atoms with Crippen molar-refractivity contribution < 1.29 is 14.3 Å². The van der Waals surface area contributed by atoms with E-state index in [1.165, 1.54) is 0 Å². The maximum absolute atomic E-state index is 11.5. The van der Waals surface area contributed by atoms with Crippen LogP contribution in [0.3, 0.4) is 0 Å². The van der Waals surface area contributed by atoms with Gasteiger partial charge in [-0.2, -0.15) is 0 Å². The van der Waals surface area contributed by atoms with Crippen molar-refractivity contribution >= 4 is 18.6 Å². The Hall–Kier alpha value is -1.91. The number of nitrogens with one attached hydrogen (secondary N) is 1. The molecule has 0 bridgehead atoms. The van der Waals surface area contributed by atoms with Crippen molar-refractivity contribution in [1.29, 1.82) is 0 Å². The summed E-state index contributed by atoms with van der Waals surface area (Å²) in [4.78, 5) is 25.5. The summed E-state index contributed by atoms with van der Waals surface area (Å²) in [6.07, 6.45) is 5.15. The van der Waals surface area contributed by atoms with Crippen LogP contribution in [0, 0.1) is 5.92 Å². The fraction of sp³-hybridized carbons (Fsp3) is 0.462. The topological polar surface area (TPSA) is 67.8 Å². The van der Waals surface area contributed by atoms with Gasteiger partial charge in [-0.1, -0.05) is 19.6 Å². The number of hydrogen-bond donors (Lipinski definition) is 1. The molecule has 0 rings (SSSR count). The molecular weight excluding hydrogens is 232 g/mol. The summed E-state index contributed by atoms with van der Waals surface area (Å²) in [6, 6.07) is 0. The van der Waals surface area contributed by atoms with Gasteiger partial charge in [0.2, 0.25) is 5.91 Å². The van der Waals surface area contributed by atoms with Gasteiger partial charge in [0.15, 0.2) is 0 Å². The molecule has 0 aromatic rings. The van der Waals surface area contributed by atoms with Gasteiger partial charge in [0.05, 0.1) is 6.61 Å². The fourth-order valence-electron chi connectivity index (χ4n) is 1.17. The predicted molar refractivity (Wildman–Crippen MR) is 71.3 cm³/mol. The summed E-state index contributed by atoms with van der Waals surface area (Å²) in [5.41, 5.74) is 0.943. The number of aliphatic imine (C=N–C) groups is 1. The summed E-state index contributed by atoms with van der Waals surface area (Å²) >= 11 is 0. The first-order valence-corrected chi connectivity index (χ1v) is 5.72. The van der Waals surface area contributed by atoms with Crippen LogP contribution in [0.15, 0.2) is 29.4 Å². The van der Waals surface area contributed by atoms with Gasteiger partial charge in [-0.15, -0.1) is 0 Å². The summed E-state index contributed by atoms with van der Waals surface area (Å²) < 4.78 is 4.59. The van der Waals surface area contributed by atoms with Crippen molar-refractivity contribution in [1.82, 2.24) is 5.32 Å². The highest BCUT2D eigenvalue weighted by Gasteiger charge is 2.08. The quantitative estimate of drug-likeness (QED) is 0.499. The van der Waals surface area contributed by atoms with E-state index in [9.17, 15) is 9.59 Å². The van der Waals surface area contributed by atoms with Crippen molar-refractivity contribution in [2.24, 2.45) is 10.9 Å². The van der Waals surface area contributed by atoms with Crippen LogP contribution in [0.25, 0.3) is 0 Å². The minimum Gasteiger partial charge on any atom is -0.468 e. The maximum atomic E-state index is 11.5. The molecule has 0 spiro atoms. The zero-order valence-corrected chi connectivity index (χ0v) is 10.9. The number of nitrogens with zero attached hydrogens (tertiary/aromatic N) is 1. The first-order chi connectivity index (χ1) is 8.60. The number of ether oxygens (including phenoxy) is 1. The second-order valence-electron chi connectivity index (χ2n) is 4.02. The molecule has 1 unspecified atom stereocenters. The van der Waals surface area contributed by atoms with Gasteiger partial charge >= 0.3 is 0 Å². The van der Waals surface area contributed by atoms with E-state index in [1.807, 2.05) is 13.8 Å². The van der Waals surface area contributed by atoms with E-state index >= 15 is 0 Å². The Kier molecular flexibility index (Phi) is 9.17. The summed E-state index contributed by atoms with van der Waals surface area (Å²) in [5, 5.41) is 2.77. The molecule has 0 saturated carbocycles. The van der Waals surface area contributed by atoms with E-state index < -0.39 is 0 Å². The number of hydrogen-bond acceptors (Lipinski definition) is 4. The lowest BCUT2D eigenvalue weighted by molar-refractivity contribution is -0.131. The van der Waals surface area contributed by atoms with Crippen LogP contribution >= 0.6 is 0 Å². The zero-order chi connectivity index (χ0) is 13.8. The third-order valence-electron chi connectivity index (χ3n) is 2.03. The van der Waals surface area contributed by atoms with Crippen LogP contribution < -0.4 is 5.32 Å². The van der Waals surface area contributed by atoms with Gasteiger partial charge in [-0.05, 0) is 18.4 Å². The summed E-state index contributed by atoms with van der Waals surface area (Å²) in [6.45, 7) is 8.33. The molecule has 0 aliphatic carbocycles. The van der Waals surface area contributed by atoms with Gasteiger partial charge in [-0.3, -0.25) is 14.6 Å². The Bertz CT molecular complexity index is 335. The summed E-state index contributed by atoms with van der Waals surface area (Å²) in [5.74, 6) is -0.0595. The fourth-order valence-corrected chi connectivity index (χ4v) is 1.17. The van der Waals surface area contributed by atoms with Crippen LogP contribution in [0.5, 0.6) is 0 Å². The molecule has 0 radical (unpaired) electrons. The molecule has 0 heterocycles. The molecule has 1 amide bonds. The van der Waals surface area contributed by atoms with Gasteiger partial charge in [0, 0.05) is 25.4 Å². The van der Waals surface area contributed by atoms with Gasteiger partial charge < -0.3 is 10.1 Å². The third-order valence-corrected chi connectivity index (χ3v) is 2.03. The summed E-state index contributed by atoms with van der Waals surface area (Å²) in [7, 11) is 0. The molecule has 0 fully saturated rings. The van der Waals surface area contributed by atoms with Crippen molar-refractivity contribution in [2.75, 3.05) is 13.2 Å². The molecular formula is C13H20N2O3. The number of allylic oxidation sites excluding steroid dienone is 1. The SMILES string of the molecule is C=CC=N/C=C(\C)CNC(=O)CC(C)COC=O. The Balaban J connectivity index is 3.88. The second-order valence-corrected chi connectivity index (χ2v) is 4.02. The standard InChI is InChI=1S/C13H20N2O3/c1-4-5-14-7-12(3)8-15-13(17)6-11(2)9-18-10-16/h4-5,7,10-11H,1,6,8-9H2,2-3H3,(H,15,17)/b12-7+,14-5?. The van der Waals surface area contributed by atoms with E-state index in [2.05, 4.69) is 21.6 Å². The maximum Gasteiger partial charge on any atom is 0.293 e. The van der Waals surface area contributed by atoms with Gasteiger partial charge in [0.25, 0.3) is 6.47 Å². The molecule has 0 aromatic heterocycles. The predicted octanol–water partition coefficient (Wildman–Crippen LogP) is 1.46. The minimum absolute atomic E-state index is 0.0123. The van der Waals surface area contributed by atoms with Gasteiger partial charge in [0.1, 0.15) is 0 Å². The molecule has 0 aliphatic heterocycles. The van der Waals surface area contributed by atoms with Crippen LogP contribution in [0.4, 0.5) is 0 Å². The van der Waals surface area contributed by atoms with E-state index in [1.54, 1.807) is 18.5 Å². The average molecular weight is 252 g/mol. The molecule has 100 valence electrons. The Morgan fingerprint density at radius 3 is 2.89 bits per heavy atom. The van der Waals surface area contributed by atoms with E-state index in [0.29, 0.717) is 19.4 Å². The van der Waals surface area contributed by atoms with Crippen LogP contribution in [-0.4, -0.2) is 31.7 Å². The second kappa shape index (κ2) is 10.3. The Morgan fingerprint density at radius 2 is 2.28 bits per heavy atom. The van der Waals surface area contributed by atoms with Crippen molar-refractivity contribution in [3.8, 4) is 0 Å². The highest BCUT2D eigenvalue weighted by Crippen LogP contribution is 2.01. The van der Waals surface area contributed by atoms with Crippen molar-refractivity contribution in [2.45, 2.75) is 20.3 Å². The van der Waals surface area contributed by atoms with Gasteiger partial charge in [-0.25, -0.2) is 0 Å². The smallest absolute Gasteiger partial charge is 0.293 e. The monoisotopic (exact) mass is 252 g/mol. The molecule has 5 heteroatoms. The minimum atomic E-state index is -0.0718. The van der Waals surface area contributed by atoms with Crippen molar-refractivity contribution in [3.05, 3.63) is 24.4 Å². The van der Waals surface area contributed by atoms with Crippen molar-refractivity contribution in [3.63, 3.8) is 0 Å². The molecule has 1 atom stereocenters. The van der Waals surface area contributed by atoms with E-state index in [0.717, 1.165) is 5.57 Å². The number of carbonyl (C=O) groups excluding carboxylic acids is 2. The Morgan fingerprint density at radius 1 is 1.56 bits per heavy atom. The van der Waals surface area contributed by atoms with E-state index in [4.69, 9.17) is 0 Å². The van der Waals surface area contributed by atoms with Crippen LogP contribution in [-0.2, 0) is 14.3 Å². The van der Waals surface area contributed by atoms with Crippen LogP contribution in [0.2, 0.25) is 0 Å². The molecule has 0 aliphatic rings. The first kappa shape index (κ1) is 16.1. The lowest BCUT2D eigenvalue weighted by Crippen LogP contribution is -2.27. The first-order valence-electron chi connectivity index (χ1n) is 5.72. The highest BCUT2D eigenvalue weighted by molar-refractivity contribution is 5.76. The number of rotatable bonds is 9. The Labute approximate surface area is 108 Å². The molecule has 1 N–H and O–H groups in total. The number of carbonyl (C=O) groups is 2. The molecule has 0 saturated heterocycles. The highest BCUT2D eigenvalue weighted by atomic mass is 16.5. The third kappa shape index (κ3) is 9.33. The molecule has 18 heavy (non-hydrogen) atoms. The normalized spacial score (nSPS) is 13.1.